The monoisotopic (exact) mass is 252 g/mol. The molecule has 0 spiro atoms. The van der Waals surface area contributed by atoms with E-state index >= 15 is 0 Å². The predicted molar refractivity (Wildman–Crippen MR) is 74.1 cm³/mol. The van der Waals surface area contributed by atoms with Crippen molar-refractivity contribution in [1.29, 1.82) is 0 Å². The first-order chi connectivity index (χ1) is 8.69. The maximum atomic E-state index is 12.3. The van der Waals surface area contributed by atoms with Gasteiger partial charge in [-0.1, -0.05) is 19.8 Å². The second-order valence-corrected chi connectivity index (χ2v) is 6.28. The molecule has 2 N–H and O–H groups in total. The van der Waals surface area contributed by atoms with Crippen molar-refractivity contribution < 1.29 is 4.79 Å². The Morgan fingerprint density at radius 2 is 2.11 bits per heavy atom. The molecule has 1 amide bonds. The maximum Gasteiger partial charge on any atom is 0.222 e. The van der Waals surface area contributed by atoms with Crippen LogP contribution in [0.15, 0.2) is 0 Å². The van der Waals surface area contributed by atoms with Gasteiger partial charge in [-0.25, -0.2) is 0 Å². The van der Waals surface area contributed by atoms with Gasteiger partial charge in [-0.2, -0.15) is 0 Å². The number of nitrogens with zero attached hydrogens (tertiary/aromatic N) is 1. The summed E-state index contributed by atoms with van der Waals surface area (Å²) in [7, 11) is 0. The molecule has 104 valence electrons. The van der Waals surface area contributed by atoms with Crippen molar-refractivity contribution in [2.45, 2.75) is 64.3 Å². The van der Waals surface area contributed by atoms with Gasteiger partial charge in [0.15, 0.2) is 0 Å². The van der Waals surface area contributed by atoms with Crippen molar-refractivity contribution in [3.63, 3.8) is 0 Å². The SMILES string of the molecule is CCCC1CCN(C(=O)CC2CCCC(N)C2)C1. The number of rotatable bonds is 4. The van der Waals surface area contributed by atoms with Crippen molar-refractivity contribution in [3.8, 4) is 0 Å². The molecule has 3 unspecified atom stereocenters. The van der Waals surface area contributed by atoms with Gasteiger partial charge in [0.25, 0.3) is 0 Å². The third-order valence-electron chi connectivity index (χ3n) is 4.62. The molecule has 0 aromatic rings. The van der Waals surface area contributed by atoms with Crippen LogP contribution < -0.4 is 5.73 Å². The van der Waals surface area contributed by atoms with Crippen molar-refractivity contribution >= 4 is 5.91 Å². The highest BCUT2D eigenvalue weighted by atomic mass is 16.2. The van der Waals surface area contributed by atoms with Gasteiger partial charge >= 0.3 is 0 Å². The quantitative estimate of drug-likeness (QED) is 0.835. The Balaban J connectivity index is 1.74. The van der Waals surface area contributed by atoms with Crippen molar-refractivity contribution in [3.05, 3.63) is 0 Å². The number of carbonyl (C=O) groups is 1. The Labute approximate surface area is 111 Å². The molecule has 1 saturated carbocycles. The highest BCUT2D eigenvalue weighted by molar-refractivity contribution is 5.76. The maximum absolute atomic E-state index is 12.3. The van der Waals surface area contributed by atoms with Crippen LogP contribution >= 0.6 is 0 Å². The topological polar surface area (TPSA) is 46.3 Å². The van der Waals surface area contributed by atoms with Gasteiger partial charge in [-0.3, -0.25) is 4.79 Å². The van der Waals surface area contributed by atoms with Gasteiger partial charge in [0.1, 0.15) is 0 Å². The van der Waals surface area contributed by atoms with E-state index in [0.29, 0.717) is 17.9 Å². The van der Waals surface area contributed by atoms with Crippen LogP contribution in [0.5, 0.6) is 0 Å². The zero-order valence-corrected chi connectivity index (χ0v) is 11.7. The van der Waals surface area contributed by atoms with Crippen LogP contribution in [0.4, 0.5) is 0 Å². The molecule has 0 aromatic carbocycles. The van der Waals surface area contributed by atoms with Gasteiger partial charge < -0.3 is 10.6 Å². The molecule has 0 radical (unpaired) electrons. The summed E-state index contributed by atoms with van der Waals surface area (Å²) in [4.78, 5) is 14.4. The Bertz CT molecular complexity index is 280. The fraction of sp³-hybridized carbons (Fsp3) is 0.933. The van der Waals surface area contributed by atoms with E-state index in [1.165, 1.54) is 32.1 Å². The summed E-state index contributed by atoms with van der Waals surface area (Å²) >= 11 is 0. The van der Waals surface area contributed by atoms with Crippen LogP contribution in [-0.2, 0) is 4.79 Å². The first-order valence-electron chi connectivity index (χ1n) is 7.72. The molecule has 0 aromatic heterocycles. The predicted octanol–water partition coefficient (Wildman–Crippen LogP) is 2.54. The van der Waals surface area contributed by atoms with E-state index in [-0.39, 0.29) is 0 Å². The average molecular weight is 252 g/mol. The van der Waals surface area contributed by atoms with Crippen molar-refractivity contribution in [1.82, 2.24) is 4.90 Å². The van der Waals surface area contributed by atoms with E-state index in [1.807, 2.05) is 0 Å². The Morgan fingerprint density at radius 1 is 1.28 bits per heavy atom. The second-order valence-electron chi connectivity index (χ2n) is 6.28. The number of hydrogen-bond donors (Lipinski definition) is 1. The Kier molecular flexibility index (Phi) is 5.04. The Hall–Kier alpha value is -0.570. The highest BCUT2D eigenvalue weighted by Crippen LogP contribution is 2.28. The lowest BCUT2D eigenvalue weighted by atomic mass is 9.84. The number of amides is 1. The number of nitrogens with two attached hydrogens (primary N) is 1. The largest absolute Gasteiger partial charge is 0.342 e. The van der Waals surface area contributed by atoms with Gasteiger partial charge in [0.05, 0.1) is 0 Å². The van der Waals surface area contributed by atoms with Gasteiger partial charge in [-0.05, 0) is 43.9 Å². The summed E-state index contributed by atoms with van der Waals surface area (Å²) in [5.41, 5.74) is 5.99. The fourth-order valence-electron chi connectivity index (χ4n) is 3.60. The van der Waals surface area contributed by atoms with Gasteiger partial charge in [-0.15, -0.1) is 0 Å². The molecule has 0 bridgehead atoms. The summed E-state index contributed by atoms with van der Waals surface area (Å²) < 4.78 is 0. The minimum atomic E-state index is 0.336. The third-order valence-corrected chi connectivity index (χ3v) is 4.62. The van der Waals surface area contributed by atoms with E-state index in [2.05, 4.69) is 11.8 Å². The standard InChI is InChI=1S/C15H28N2O/c1-2-4-12-7-8-17(11-12)15(18)10-13-5-3-6-14(16)9-13/h12-14H,2-11,16H2,1H3. The molecule has 1 heterocycles. The molecular weight excluding hydrogens is 224 g/mol. The first kappa shape index (κ1) is 13.9. The van der Waals surface area contributed by atoms with Crippen LogP contribution in [0.1, 0.15) is 58.3 Å². The lowest BCUT2D eigenvalue weighted by molar-refractivity contribution is -0.131. The zero-order valence-electron chi connectivity index (χ0n) is 11.7. The molecular formula is C15H28N2O. The number of carbonyl (C=O) groups excluding carboxylic acids is 1. The normalized spacial score (nSPS) is 32.8. The van der Waals surface area contributed by atoms with Crippen molar-refractivity contribution in [2.75, 3.05) is 13.1 Å². The van der Waals surface area contributed by atoms with E-state index in [9.17, 15) is 4.79 Å². The lowest BCUT2D eigenvalue weighted by Crippen LogP contribution is -2.34. The molecule has 3 atom stereocenters. The molecule has 1 aliphatic heterocycles. The minimum absolute atomic E-state index is 0.336. The number of hydrogen-bond acceptors (Lipinski definition) is 2. The molecule has 3 nitrogen and oxygen atoms in total. The van der Waals surface area contributed by atoms with Crippen molar-refractivity contribution in [2.24, 2.45) is 17.6 Å². The Morgan fingerprint density at radius 3 is 2.83 bits per heavy atom. The van der Waals surface area contributed by atoms with Gasteiger partial charge in [0, 0.05) is 25.6 Å². The van der Waals surface area contributed by atoms with Gasteiger partial charge in [0.2, 0.25) is 5.91 Å². The average Bonchev–Trinajstić information content (AvgIpc) is 2.78. The first-order valence-corrected chi connectivity index (χ1v) is 7.72. The molecule has 2 fully saturated rings. The van der Waals surface area contributed by atoms with Crippen LogP contribution in [0.3, 0.4) is 0 Å². The summed E-state index contributed by atoms with van der Waals surface area (Å²) in [6.45, 7) is 4.22. The number of likely N-dealkylation sites (tertiary alicyclic amines) is 1. The zero-order chi connectivity index (χ0) is 13.0. The molecule has 1 saturated heterocycles. The third kappa shape index (κ3) is 3.71. The molecule has 3 heteroatoms. The second kappa shape index (κ2) is 6.55. The summed E-state index contributed by atoms with van der Waals surface area (Å²) in [6.07, 6.45) is 9.08. The fourth-order valence-corrected chi connectivity index (χ4v) is 3.60. The van der Waals surface area contributed by atoms with E-state index in [4.69, 9.17) is 5.73 Å². The molecule has 2 aliphatic rings. The molecule has 2 rings (SSSR count). The molecule has 1 aliphatic carbocycles. The lowest BCUT2D eigenvalue weighted by Gasteiger charge is -2.27. The van der Waals surface area contributed by atoms with E-state index in [1.54, 1.807) is 0 Å². The van der Waals surface area contributed by atoms with Crippen LogP contribution in [0.25, 0.3) is 0 Å². The van der Waals surface area contributed by atoms with E-state index < -0.39 is 0 Å². The summed E-state index contributed by atoms with van der Waals surface area (Å²) in [5.74, 6) is 1.69. The van der Waals surface area contributed by atoms with Crippen LogP contribution in [0, 0.1) is 11.8 Å². The molecule has 18 heavy (non-hydrogen) atoms. The minimum Gasteiger partial charge on any atom is -0.342 e. The van der Waals surface area contributed by atoms with Crippen LogP contribution in [-0.4, -0.2) is 29.9 Å². The van der Waals surface area contributed by atoms with Crippen LogP contribution in [0.2, 0.25) is 0 Å². The van der Waals surface area contributed by atoms with E-state index in [0.717, 1.165) is 38.3 Å². The highest BCUT2D eigenvalue weighted by Gasteiger charge is 2.28. The smallest absolute Gasteiger partial charge is 0.222 e. The summed E-state index contributed by atoms with van der Waals surface area (Å²) in [5, 5.41) is 0. The summed E-state index contributed by atoms with van der Waals surface area (Å²) in [6, 6.07) is 0.336.